The van der Waals surface area contributed by atoms with Crippen molar-refractivity contribution in [1.82, 2.24) is 10.0 Å². The van der Waals surface area contributed by atoms with Gasteiger partial charge < -0.3 is 0 Å². The van der Waals surface area contributed by atoms with Crippen LogP contribution in [0.5, 0.6) is 0 Å². The van der Waals surface area contributed by atoms with Crippen molar-refractivity contribution >= 4 is 12.1 Å². The van der Waals surface area contributed by atoms with Gasteiger partial charge >= 0.3 is 0 Å². The molecule has 0 atom stereocenters. The topological polar surface area (TPSA) is 61.1 Å². The summed E-state index contributed by atoms with van der Waals surface area (Å²) in [7, 11) is 0. The van der Waals surface area contributed by atoms with Crippen LogP contribution in [-0.4, -0.2) is 32.8 Å². The van der Waals surface area contributed by atoms with E-state index in [0.29, 0.717) is 11.5 Å². The SMILES string of the molecule is CC(C)(C)N(O)C=C1C=NC(c2ccccn2)=N1. The van der Waals surface area contributed by atoms with Crippen molar-refractivity contribution in [2.24, 2.45) is 9.98 Å². The van der Waals surface area contributed by atoms with E-state index in [4.69, 9.17) is 0 Å². The molecule has 0 amide bonds. The number of allylic oxidation sites excluding steroid dienone is 1. The Hall–Kier alpha value is -2.01. The number of pyridine rings is 1. The number of aromatic nitrogens is 1. The number of hydrogen-bond acceptors (Lipinski definition) is 5. The molecule has 1 aromatic heterocycles. The maximum atomic E-state index is 9.81. The maximum Gasteiger partial charge on any atom is 0.178 e. The van der Waals surface area contributed by atoms with Gasteiger partial charge in [0.05, 0.1) is 18.0 Å². The second-order valence-corrected chi connectivity index (χ2v) is 4.98. The molecule has 94 valence electrons. The molecule has 2 heterocycles. The van der Waals surface area contributed by atoms with Crippen LogP contribution in [0, 0.1) is 0 Å². The first-order valence-corrected chi connectivity index (χ1v) is 5.71. The Balaban J connectivity index is 2.20. The molecule has 18 heavy (non-hydrogen) atoms. The summed E-state index contributed by atoms with van der Waals surface area (Å²) in [5, 5.41) is 10.9. The highest BCUT2D eigenvalue weighted by Gasteiger charge is 2.18. The molecule has 0 aromatic carbocycles. The van der Waals surface area contributed by atoms with Crippen molar-refractivity contribution in [2.45, 2.75) is 26.3 Å². The first-order valence-electron chi connectivity index (χ1n) is 5.71. The van der Waals surface area contributed by atoms with Crippen LogP contribution < -0.4 is 0 Å². The van der Waals surface area contributed by atoms with Gasteiger partial charge in [-0.25, -0.2) is 9.98 Å². The van der Waals surface area contributed by atoms with E-state index in [1.165, 1.54) is 0 Å². The molecule has 1 aliphatic rings. The first kappa shape index (κ1) is 12.4. The summed E-state index contributed by atoms with van der Waals surface area (Å²) < 4.78 is 0. The van der Waals surface area contributed by atoms with Gasteiger partial charge in [0.25, 0.3) is 0 Å². The Bertz CT molecular complexity index is 512. The smallest absolute Gasteiger partial charge is 0.178 e. The van der Waals surface area contributed by atoms with Crippen LogP contribution >= 0.6 is 0 Å². The zero-order valence-corrected chi connectivity index (χ0v) is 10.7. The average Bonchev–Trinajstić information content (AvgIpc) is 2.77. The van der Waals surface area contributed by atoms with Crippen LogP contribution in [0.2, 0.25) is 0 Å². The monoisotopic (exact) mass is 244 g/mol. The molecule has 1 N–H and O–H groups in total. The molecule has 0 aliphatic carbocycles. The third-order valence-corrected chi connectivity index (χ3v) is 2.39. The molecular weight excluding hydrogens is 228 g/mol. The summed E-state index contributed by atoms with van der Waals surface area (Å²) in [4.78, 5) is 12.7. The molecule has 5 nitrogen and oxygen atoms in total. The predicted molar refractivity (Wildman–Crippen MR) is 70.7 cm³/mol. The number of hydrogen-bond donors (Lipinski definition) is 1. The van der Waals surface area contributed by atoms with E-state index in [9.17, 15) is 5.21 Å². The van der Waals surface area contributed by atoms with Gasteiger partial charge in [-0.15, -0.1) is 0 Å². The standard InChI is InChI=1S/C13H16N4O/c1-13(2,3)17(18)9-10-8-15-12(16-10)11-6-4-5-7-14-11/h4-9,18H,1-3H3. The highest BCUT2D eigenvalue weighted by molar-refractivity contribution is 6.09. The highest BCUT2D eigenvalue weighted by Crippen LogP contribution is 2.15. The Labute approximate surface area is 106 Å². The zero-order chi connectivity index (χ0) is 13.2. The Kier molecular flexibility index (Phi) is 3.25. The lowest BCUT2D eigenvalue weighted by atomic mass is 10.1. The van der Waals surface area contributed by atoms with Crippen molar-refractivity contribution in [3.8, 4) is 0 Å². The van der Waals surface area contributed by atoms with Gasteiger partial charge in [0, 0.05) is 6.20 Å². The van der Waals surface area contributed by atoms with Gasteiger partial charge in [-0.3, -0.25) is 15.3 Å². The summed E-state index contributed by atoms with van der Waals surface area (Å²) >= 11 is 0. The lowest BCUT2D eigenvalue weighted by Gasteiger charge is -2.27. The van der Waals surface area contributed by atoms with E-state index in [2.05, 4.69) is 15.0 Å². The normalized spacial score (nSPS) is 17.1. The quantitative estimate of drug-likeness (QED) is 0.811. The van der Waals surface area contributed by atoms with E-state index in [1.54, 1.807) is 18.6 Å². The van der Waals surface area contributed by atoms with Crippen LogP contribution in [0.4, 0.5) is 0 Å². The van der Waals surface area contributed by atoms with Crippen molar-refractivity contribution in [2.75, 3.05) is 0 Å². The highest BCUT2D eigenvalue weighted by atomic mass is 16.5. The summed E-state index contributed by atoms with van der Waals surface area (Å²) in [6, 6.07) is 5.57. The third kappa shape index (κ3) is 2.81. The van der Waals surface area contributed by atoms with Crippen molar-refractivity contribution in [1.29, 1.82) is 0 Å². The first-order chi connectivity index (χ1) is 8.47. The summed E-state index contributed by atoms with van der Waals surface area (Å²) in [6.07, 6.45) is 4.86. The zero-order valence-electron chi connectivity index (χ0n) is 10.7. The Morgan fingerprint density at radius 2 is 2.06 bits per heavy atom. The summed E-state index contributed by atoms with van der Waals surface area (Å²) in [6.45, 7) is 5.71. The number of nitrogens with zero attached hydrogens (tertiary/aromatic N) is 4. The van der Waals surface area contributed by atoms with Crippen LogP contribution in [0.15, 0.2) is 46.3 Å². The molecule has 1 aromatic rings. The van der Waals surface area contributed by atoms with Crippen LogP contribution in [0.1, 0.15) is 26.5 Å². The molecule has 0 bridgehead atoms. The minimum absolute atomic E-state index is 0.371. The maximum absolute atomic E-state index is 9.81. The van der Waals surface area contributed by atoms with E-state index >= 15 is 0 Å². The van der Waals surface area contributed by atoms with Gasteiger partial charge in [0.15, 0.2) is 5.84 Å². The molecule has 1 aliphatic heterocycles. The summed E-state index contributed by atoms with van der Waals surface area (Å²) in [5.41, 5.74) is 0.954. The lowest BCUT2D eigenvalue weighted by molar-refractivity contribution is -0.110. The van der Waals surface area contributed by atoms with E-state index in [-0.39, 0.29) is 5.54 Å². The molecule has 0 fully saturated rings. The number of aliphatic imine (C=N–C) groups is 2. The number of amidine groups is 1. The number of hydroxylamine groups is 2. The second kappa shape index (κ2) is 4.70. The van der Waals surface area contributed by atoms with Gasteiger partial charge in [-0.05, 0) is 32.9 Å². The van der Waals surface area contributed by atoms with Crippen LogP contribution in [0.3, 0.4) is 0 Å². The van der Waals surface area contributed by atoms with Gasteiger partial charge in [-0.1, -0.05) is 6.07 Å². The fraction of sp³-hybridized carbons (Fsp3) is 0.308. The van der Waals surface area contributed by atoms with Crippen molar-refractivity contribution < 1.29 is 5.21 Å². The molecule has 0 spiro atoms. The minimum atomic E-state index is -0.371. The minimum Gasteiger partial charge on any atom is -0.288 e. The van der Waals surface area contributed by atoms with E-state index < -0.39 is 0 Å². The van der Waals surface area contributed by atoms with E-state index in [1.807, 2.05) is 39.0 Å². The van der Waals surface area contributed by atoms with Crippen molar-refractivity contribution in [3.63, 3.8) is 0 Å². The fourth-order valence-corrected chi connectivity index (χ4v) is 1.31. The Morgan fingerprint density at radius 3 is 2.67 bits per heavy atom. The molecule has 0 saturated carbocycles. The van der Waals surface area contributed by atoms with Crippen LogP contribution in [0.25, 0.3) is 0 Å². The molecular formula is C13H16N4O. The molecule has 0 saturated heterocycles. The second-order valence-electron chi connectivity index (χ2n) is 4.98. The molecule has 0 radical (unpaired) electrons. The largest absolute Gasteiger partial charge is 0.288 e. The van der Waals surface area contributed by atoms with Crippen LogP contribution in [-0.2, 0) is 0 Å². The van der Waals surface area contributed by atoms with Gasteiger partial charge in [0.1, 0.15) is 11.4 Å². The Morgan fingerprint density at radius 1 is 1.28 bits per heavy atom. The third-order valence-electron chi connectivity index (χ3n) is 2.39. The van der Waals surface area contributed by atoms with Crippen molar-refractivity contribution in [3.05, 3.63) is 42.0 Å². The van der Waals surface area contributed by atoms with Gasteiger partial charge in [-0.2, -0.15) is 0 Å². The van der Waals surface area contributed by atoms with E-state index in [0.717, 1.165) is 10.8 Å². The average molecular weight is 244 g/mol. The molecule has 2 rings (SSSR count). The van der Waals surface area contributed by atoms with Gasteiger partial charge in [0.2, 0.25) is 0 Å². The predicted octanol–water partition coefficient (Wildman–Crippen LogP) is 2.24. The molecule has 5 heteroatoms. The molecule has 0 unspecified atom stereocenters. The number of rotatable bonds is 2. The summed E-state index contributed by atoms with van der Waals surface area (Å²) in [5.74, 6) is 0.559. The lowest BCUT2D eigenvalue weighted by Crippen LogP contribution is -2.34. The fourth-order valence-electron chi connectivity index (χ4n) is 1.31.